The number of nitrogens with zero attached hydrogens (tertiary/aromatic N) is 2. The fourth-order valence-electron chi connectivity index (χ4n) is 2.02. The lowest BCUT2D eigenvalue weighted by atomic mass is 10.2. The molecule has 0 aromatic carbocycles. The lowest BCUT2D eigenvalue weighted by Crippen LogP contribution is -2.32. The van der Waals surface area contributed by atoms with E-state index < -0.39 is 0 Å². The van der Waals surface area contributed by atoms with Gasteiger partial charge in [-0.1, -0.05) is 11.8 Å². The first-order chi connectivity index (χ1) is 9.56. The maximum absolute atomic E-state index is 11.8. The van der Waals surface area contributed by atoms with Gasteiger partial charge in [-0.25, -0.2) is 9.97 Å². The van der Waals surface area contributed by atoms with E-state index in [-0.39, 0.29) is 12.0 Å². The summed E-state index contributed by atoms with van der Waals surface area (Å²) in [5, 5.41) is 3.56. The van der Waals surface area contributed by atoms with Gasteiger partial charge >= 0.3 is 0 Å². The first-order valence-corrected chi connectivity index (χ1v) is 7.87. The fourth-order valence-corrected chi connectivity index (χ4v) is 2.79. The molecule has 6 heteroatoms. The molecule has 2 heterocycles. The van der Waals surface area contributed by atoms with E-state index in [1.54, 1.807) is 0 Å². The summed E-state index contributed by atoms with van der Waals surface area (Å²) in [5.74, 6) is 0.347. The molecule has 110 valence electrons. The SMILES string of the molecule is Cc1nc(SCC(=O)NC[C@@H]2CCCO2)nc(C)c1C. The zero-order valence-electron chi connectivity index (χ0n) is 12.2. The number of nitrogens with one attached hydrogen (secondary N) is 1. The highest BCUT2D eigenvalue weighted by Crippen LogP contribution is 2.17. The van der Waals surface area contributed by atoms with Gasteiger partial charge in [0.05, 0.1) is 11.9 Å². The van der Waals surface area contributed by atoms with Crippen LogP contribution >= 0.6 is 11.8 Å². The van der Waals surface area contributed by atoms with E-state index in [1.165, 1.54) is 11.8 Å². The summed E-state index contributed by atoms with van der Waals surface area (Å²) in [6, 6.07) is 0. The van der Waals surface area contributed by atoms with Gasteiger partial charge < -0.3 is 10.1 Å². The fraction of sp³-hybridized carbons (Fsp3) is 0.643. The third-order valence-electron chi connectivity index (χ3n) is 3.50. The Bertz CT molecular complexity index is 464. The van der Waals surface area contributed by atoms with Crippen LogP contribution in [0.3, 0.4) is 0 Å². The maximum Gasteiger partial charge on any atom is 0.230 e. The summed E-state index contributed by atoms with van der Waals surface area (Å²) >= 11 is 1.37. The van der Waals surface area contributed by atoms with Crippen LogP contribution in [0, 0.1) is 20.8 Å². The minimum atomic E-state index is 0.00461. The molecular weight excluding hydrogens is 274 g/mol. The van der Waals surface area contributed by atoms with Gasteiger partial charge in [-0.2, -0.15) is 0 Å². The molecule has 1 aliphatic heterocycles. The summed E-state index contributed by atoms with van der Waals surface area (Å²) in [4.78, 5) is 20.5. The minimum absolute atomic E-state index is 0.00461. The Morgan fingerprint density at radius 1 is 1.35 bits per heavy atom. The van der Waals surface area contributed by atoms with Crippen molar-refractivity contribution in [2.45, 2.75) is 44.9 Å². The van der Waals surface area contributed by atoms with Gasteiger partial charge in [-0.05, 0) is 39.2 Å². The third-order valence-corrected chi connectivity index (χ3v) is 4.34. The van der Waals surface area contributed by atoms with Crippen LogP contribution < -0.4 is 5.32 Å². The predicted octanol–water partition coefficient (Wildman–Crippen LogP) is 1.79. The average Bonchev–Trinajstić information content (AvgIpc) is 2.93. The molecule has 1 aromatic rings. The standard InChI is InChI=1S/C14H21N3O2S/c1-9-10(2)16-14(17-11(9)3)20-8-13(18)15-7-12-5-4-6-19-12/h12H,4-8H2,1-3H3,(H,15,18)/t12-/m0/s1. The predicted molar refractivity (Wildman–Crippen MR) is 79.0 cm³/mol. The van der Waals surface area contributed by atoms with E-state index in [0.717, 1.165) is 36.4 Å². The Labute approximate surface area is 123 Å². The van der Waals surface area contributed by atoms with E-state index >= 15 is 0 Å². The van der Waals surface area contributed by atoms with Crippen LogP contribution in [-0.2, 0) is 9.53 Å². The summed E-state index contributed by atoms with van der Waals surface area (Å²) in [6.07, 6.45) is 2.31. The molecule has 1 atom stereocenters. The molecule has 0 spiro atoms. The van der Waals surface area contributed by atoms with E-state index in [0.29, 0.717) is 17.5 Å². The first-order valence-electron chi connectivity index (χ1n) is 6.89. The van der Waals surface area contributed by atoms with Crippen LogP contribution in [0.25, 0.3) is 0 Å². The molecule has 0 aliphatic carbocycles. The molecule has 20 heavy (non-hydrogen) atoms. The number of thioether (sulfide) groups is 1. The largest absolute Gasteiger partial charge is 0.376 e. The summed E-state index contributed by atoms with van der Waals surface area (Å²) in [5.41, 5.74) is 3.05. The summed E-state index contributed by atoms with van der Waals surface area (Å²) in [6.45, 7) is 7.35. The van der Waals surface area contributed by atoms with Crippen LogP contribution in [0.1, 0.15) is 29.8 Å². The van der Waals surface area contributed by atoms with Crippen molar-refractivity contribution in [3.8, 4) is 0 Å². The second-order valence-electron chi connectivity index (χ2n) is 5.03. The highest BCUT2D eigenvalue weighted by Gasteiger charge is 2.16. The topological polar surface area (TPSA) is 64.1 Å². The molecule has 1 aliphatic rings. The van der Waals surface area contributed by atoms with Crippen molar-refractivity contribution >= 4 is 17.7 Å². The number of carbonyl (C=O) groups is 1. The molecule has 0 radical (unpaired) electrons. The Kier molecular flexibility index (Phi) is 5.37. The Hall–Kier alpha value is -1.14. The van der Waals surface area contributed by atoms with Crippen molar-refractivity contribution in [3.63, 3.8) is 0 Å². The van der Waals surface area contributed by atoms with Crippen LogP contribution in [0.2, 0.25) is 0 Å². The van der Waals surface area contributed by atoms with Crippen molar-refractivity contribution in [3.05, 3.63) is 17.0 Å². The summed E-state index contributed by atoms with van der Waals surface area (Å²) < 4.78 is 5.46. The highest BCUT2D eigenvalue weighted by molar-refractivity contribution is 7.99. The van der Waals surface area contributed by atoms with Gasteiger partial charge in [0.2, 0.25) is 5.91 Å². The van der Waals surface area contributed by atoms with Crippen LogP contribution in [-0.4, -0.2) is 40.9 Å². The van der Waals surface area contributed by atoms with Gasteiger partial charge in [-0.15, -0.1) is 0 Å². The number of ether oxygens (including phenoxy) is 1. The third kappa shape index (κ3) is 4.18. The van der Waals surface area contributed by atoms with Gasteiger partial charge in [0.15, 0.2) is 5.16 Å². The molecule has 1 saturated heterocycles. The van der Waals surface area contributed by atoms with E-state index in [1.807, 2.05) is 20.8 Å². The molecule has 1 fully saturated rings. The van der Waals surface area contributed by atoms with E-state index in [9.17, 15) is 4.79 Å². The van der Waals surface area contributed by atoms with Crippen molar-refractivity contribution in [1.82, 2.24) is 15.3 Å². The number of amides is 1. The zero-order valence-corrected chi connectivity index (χ0v) is 13.0. The second-order valence-corrected chi connectivity index (χ2v) is 5.97. The number of hydrogen-bond acceptors (Lipinski definition) is 5. The van der Waals surface area contributed by atoms with E-state index in [2.05, 4.69) is 15.3 Å². The second kappa shape index (κ2) is 7.04. The average molecular weight is 295 g/mol. The molecule has 0 bridgehead atoms. The molecule has 1 amide bonds. The molecule has 2 rings (SSSR count). The number of aryl methyl sites for hydroxylation is 2. The molecule has 1 N–H and O–H groups in total. The Morgan fingerprint density at radius 3 is 2.65 bits per heavy atom. The molecule has 5 nitrogen and oxygen atoms in total. The molecule has 1 aromatic heterocycles. The Balaban J connectivity index is 1.78. The van der Waals surface area contributed by atoms with Crippen molar-refractivity contribution in [2.24, 2.45) is 0 Å². The summed E-state index contributed by atoms with van der Waals surface area (Å²) in [7, 11) is 0. The van der Waals surface area contributed by atoms with Gasteiger partial charge in [-0.3, -0.25) is 4.79 Å². The molecule has 0 saturated carbocycles. The first kappa shape index (κ1) is 15.3. The lowest BCUT2D eigenvalue weighted by molar-refractivity contribution is -0.119. The Morgan fingerprint density at radius 2 is 2.05 bits per heavy atom. The van der Waals surface area contributed by atoms with Crippen LogP contribution in [0.15, 0.2) is 5.16 Å². The number of hydrogen-bond donors (Lipinski definition) is 1. The maximum atomic E-state index is 11.8. The van der Waals surface area contributed by atoms with Crippen LogP contribution in [0.4, 0.5) is 0 Å². The minimum Gasteiger partial charge on any atom is -0.376 e. The molecule has 0 unspecified atom stereocenters. The van der Waals surface area contributed by atoms with Crippen LogP contribution in [0.5, 0.6) is 0 Å². The number of rotatable bonds is 5. The monoisotopic (exact) mass is 295 g/mol. The quantitative estimate of drug-likeness (QED) is 0.663. The van der Waals surface area contributed by atoms with Gasteiger partial charge in [0.25, 0.3) is 0 Å². The van der Waals surface area contributed by atoms with Gasteiger partial charge in [0.1, 0.15) is 0 Å². The van der Waals surface area contributed by atoms with Crippen molar-refractivity contribution in [2.75, 3.05) is 18.9 Å². The number of carbonyl (C=O) groups excluding carboxylic acids is 1. The number of aromatic nitrogens is 2. The van der Waals surface area contributed by atoms with Crippen molar-refractivity contribution < 1.29 is 9.53 Å². The highest BCUT2D eigenvalue weighted by atomic mass is 32.2. The van der Waals surface area contributed by atoms with E-state index in [4.69, 9.17) is 4.74 Å². The normalized spacial score (nSPS) is 18.2. The van der Waals surface area contributed by atoms with Crippen molar-refractivity contribution in [1.29, 1.82) is 0 Å². The smallest absolute Gasteiger partial charge is 0.230 e. The lowest BCUT2D eigenvalue weighted by Gasteiger charge is -2.10. The van der Waals surface area contributed by atoms with Gasteiger partial charge in [0, 0.05) is 24.5 Å². The zero-order chi connectivity index (χ0) is 14.5. The molecular formula is C14H21N3O2S.